The van der Waals surface area contributed by atoms with E-state index >= 15 is 0 Å². The zero-order valence-electron chi connectivity index (χ0n) is 13.2. The number of aliphatic carboxylic acids is 1. The van der Waals surface area contributed by atoms with Crippen LogP contribution in [0.3, 0.4) is 0 Å². The van der Waals surface area contributed by atoms with Crippen molar-refractivity contribution in [3.05, 3.63) is 46.0 Å². The molecule has 0 bridgehead atoms. The van der Waals surface area contributed by atoms with E-state index in [-0.39, 0.29) is 6.42 Å². The molecule has 0 spiro atoms. The number of carbonyl (C=O) groups is 1. The number of carboxylic acid groups (broad SMARTS) is 1. The lowest BCUT2D eigenvalue weighted by atomic mass is 9.95. The third kappa shape index (κ3) is 2.93. The van der Waals surface area contributed by atoms with Gasteiger partial charge in [-0.3, -0.25) is 4.79 Å². The van der Waals surface area contributed by atoms with Gasteiger partial charge in [0.25, 0.3) is 0 Å². The van der Waals surface area contributed by atoms with Crippen LogP contribution in [0, 0.1) is 6.92 Å². The fraction of sp³-hybridized carbons (Fsp3) is 0.353. The van der Waals surface area contributed by atoms with E-state index in [1.165, 1.54) is 22.5 Å². The number of hydrogen-bond donors (Lipinski definition) is 1. The highest BCUT2D eigenvalue weighted by Gasteiger charge is 2.34. The molecule has 2 aliphatic rings. The van der Waals surface area contributed by atoms with Gasteiger partial charge in [0.2, 0.25) is 5.13 Å². The summed E-state index contributed by atoms with van der Waals surface area (Å²) in [4.78, 5) is 23.2. The molecular weight excluding hydrogens is 342 g/mol. The van der Waals surface area contributed by atoms with Crippen LogP contribution >= 0.6 is 23.1 Å². The maximum atomic E-state index is 10.9. The first-order valence-electron chi connectivity index (χ1n) is 7.83. The molecule has 124 valence electrons. The lowest BCUT2D eigenvalue weighted by Crippen LogP contribution is -2.38. The van der Waals surface area contributed by atoms with E-state index < -0.39 is 5.97 Å². The second-order valence-electron chi connectivity index (χ2n) is 6.04. The summed E-state index contributed by atoms with van der Waals surface area (Å²) in [7, 11) is 0. The van der Waals surface area contributed by atoms with Crippen molar-refractivity contribution in [3.63, 3.8) is 0 Å². The van der Waals surface area contributed by atoms with Crippen LogP contribution in [-0.4, -0.2) is 37.9 Å². The maximum absolute atomic E-state index is 10.9. The monoisotopic (exact) mass is 359 g/mol. The first kappa shape index (κ1) is 15.7. The highest BCUT2D eigenvalue weighted by molar-refractivity contribution is 8.14. The molecule has 0 aliphatic carbocycles. The van der Waals surface area contributed by atoms with Gasteiger partial charge in [0.1, 0.15) is 0 Å². The number of carboxylic acids is 1. The van der Waals surface area contributed by atoms with E-state index in [4.69, 9.17) is 10.1 Å². The lowest BCUT2D eigenvalue weighted by molar-refractivity contribution is -0.136. The second kappa shape index (κ2) is 6.22. The Morgan fingerprint density at radius 3 is 3.00 bits per heavy atom. The van der Waals surface area contributed by atoms with Crippen molar-refractivity contribution >= 4 is 39.4 Å². The van der Waals surface area contributed by atoms with Gasteiger partial charge in [0.15, 0.2) is 5.17 Å². The first-order chi connectivity index (χ1) is 11.6. The number of hydrogen-bond acceptors (Lipinski definition) is 5. The summed E-state index contributed by atoms with van der Waals surface area (Å²) < 4.78 is 0. The van der Waals surface area contributed by atoms with Gasteiger partial charge in [-0.1, -0.05) is 47.4 Å². The predicted molar refractivity (Wildman–Crippen MR) is 97.2 cm³/mol. The summed E-state index contributed by atoms with van der Waals surface area (Å²) >= 11 is 3.15. The van der Waals surface area contributed by atoms with Gasteiger partial charge in [-0.2, -0.15) is 4.99 Å². The van der Waals surface area contributed by atoms with Gasteiger partial charge in [-0.05, 0) is 24.5 Å². The Labute approximate surface area is 148 Å². The van der Waals surface area contributed by atoms with Gasteiger partial charge in [-0.25, -0.2) is 4.98 Å². The number of thiazole rings is 1. The average Bonchev–Trinajstić information content (AvgIpc) is 3.09. The standard InChI is InChI=1S/C17H17N3O2S2/c1-10-14(7-15(21)22)24-16(18-10)19-17-20-8-12-5-3-2-4-11(12)6-13(20)9-23-17/h2-5,13H,6-9H2,1H3,(H,21,22). The minimum Gasteiger partial charge on any atom is -0.481 e. The second-order valence-corrected chi connectivity index (χ2v) is 8.08. The third-order valence-corrected chi connectivity index (χ3v) is 6.58. The first-order valence-corrected chi connectivity index (χ1v) is 9.63. The van der Waals surface area contributed by atoms with Crippen LogP contribution in [0.4, 0.5) is 5.13 Å². The predicted octanol–water partition coefficient (Wildman–Crippen LogP) is 3.24. The lowest BCUT2D eigenvalue weighted by Gasteiger charge is -2.32. The fourth-order valence-corrected chi connectivity index (χ4v) is 5.31. The Balaban J connectivity index is 1.59. The van der Waals surface area contributed by atoms with Crippen molar-refractivity contribution < 1.29 is 9.90 Å². The van der Waals surface area contributed by atoms with E-state index in [9.17, 15) is 4.79 Å². The Hall–Kier alpha value is -1.86. The highest BCUT2D eigenvalue weighted by Crippen LogP contribution is 2.36. The van der Waals surface area contributed by atoms with Gasteiger partial charge in [0, 0.05) is 23.2 Å². The molecule has 1 fully saturated rings. The number of thioether (sulfide) groups is 1. The fourth-order valence-electron chi connectivity index (χ4n) is 3.15. The zero-order valence-corrected chi connectivity index (χ0v) is 14.9. The smallest absolute Gasteiger partial charge is 0.308 e. The maximum Gasteiger partial charge on any atom is 0.308 e. The number of nitrogens with zero attached hydrogens (tertiary/aromatic N) is 3. The van der Waals surface area contributed by atoms with Crippen LogP contribution in [0.2, 0.25) is 0 Å². The molecule has 1 unspecified atom stereocenters. The van der Waals surface area contributed by atoms with Crippen molar-refractivity contribution in [2.45, 2.75) is 32.4 Å². The summed E-state index contributed by atoms with van der Waals surface area (Å²) in [5.74, 6) is 0.211. The summed E-state index contributed by atoms with van der Waals surface area (Å²) in [5, 5.41) is 10.6. The Morgan fingerprint density at radius 1 is 1.42 bits per heavy atom. The van der Waals surface area contributed by atoms with E-state index in [0.29, 0.717) is 11.2 Å². The van der Waals surface area contributed by atoms with Crippen LogP contribution < -0.4 is 0 Å². The average molecular weight is 359 g/mol. The molecule has 24 heavy (non-hydrogen) atoms. The number of aromatic nitrogens is 1. The normalized spacial score (nSPS) is 21.0. The minimum absolute atomic E-state index is 0.0151. The minimum atomic E-state index is -0.830. The van der Waals surface area contributed by atoms with Crippen LogP contribution in [0.1, 0.15) is 21.7 Å². The van der Waals surface area contributed by atoms with Crippen LogP contribution in [0.15, 0.2) is 29.3 Å². The van der Waals surface area contributed by atoms with Crippen molar-refractivity contribution in [1.82, 2.24) is 9.88 Å². The molecule has 3 heterocycles. The molecule has 2 aromatic rings. The SMILES string of the molecule is Cc1nc(N=C2SCC3Cc4ccccc4CN23)sc1CC(=O)O. The highest BCUT2D eigenvalue weighted by atomic mass is 32.2. The number of benzene rings is 1. The summed E-state index contributed by atoms with van der Waals surface area (Å²) in [6, 6.07) is 9.08. The van der Waals surface area contributed by atoms with Crippen LogP contribution in [-0.2, 0) is 24.2 Å². The quantitative estimate of drug-likeness (QED) is 0.911. The number of amidine groups is 1. The van der Waals surface area contributed by atoms with Gasteiger partial charge < -0.3 is 10.0 Å². The Morgan fingerprint density at radius 2 is 2.21 bits per heavy atom. The van der Waals surface area contributed by atoms with Crippen molar-refractivity contribution in [1.29, 1.82) is 0 Å². The van der Waals surface area contributed by atoms with E-state index in [0.717, 1.165) is 34.5 Å². The Kier molecular flexibility index (Phi) is 4.05. The number of aryl methyl sites for hydroxylation is 1. The topological polar surface area (TPSA) is 65.8 Å². The molecule has 0 amide bonds. The number of aliphatic imine (C=N–C) groups is 1. The molecule has 1 N–H and O–H groups in total. The third-order valence-electron chi connectivity index (χ3n) is 4.39. The van der Waals surface area contributed by atoms with E-state index in [2.05, 4.69) is 34.1 Å². The van der Waals surface area contributed by atoms with Crippen molar-refractivity contribution in [2.75, 3.05) is 5.75 Å². The van der Waals surface area contributed by atoms with Gasteiger partial charge in [0.05, 0.1) is 12.1 Å². The molecule has 0 radical (unpaired) electrons. The molecule has 1 saturated heterocycles. The largest absolute Gasteiger partial charge is 0.481 e. The van der Waals surface area contributed by atoms with Crippen molar-refractivity contribution in [3.8, 4) is 0 Å². The molecule has 5 nitrogen and oxygen atoms in total. The number of fused-ring (bicyclic) bond motifs is 2. The molecular formula is C17H17N3O2S2. The van der Waals surface area contributed by atoms with E-state index in [1.54, 1.807) is 11.8 Å². The van der Waals surface area contributed by atoms with Crippen molar-refractivity contribution in [2.24, 2.45) is 4.99 Å². The zero-order chi connectivity index (χ0) is 16.7. The van der Waals surface area contributed by atoms with Gasteiger partial charge in [-0.15, -0.1) is 0 Å². The molecule has 1 atom stereocenters. The summed E-state index contributed by atoms with van der Waals surface area (Å²) in [6.07, 6.45) is 1.07. The van der Waals surface area contributed by atoms with Gasteiger partial charge >= 0.3 is 5.97 Å². The molecule has 0 saturated carbocycles. The molecule has 1 aromatic carbocycles. The Bertz CT molecular complexity index is 831. The van der Waals surface area contributed by atoms with Crippen LogP contribution in [0.25, 0.3) is 0 Å². The van der Waals surface area contributed by atoms with E-state index in [1.807, 2.05) is 6.92 Å². The molecule has 4 rings (SSSR count). The number of rotatable bonds is 3. The summed E-state index contributed by atoms with van der Waals surface area (Å²) in [5.41, 5.74) is 3.57. The molecule has 1 aromatic heterocycles. The molecule has 7 heteroatoms. The molecule has 2 aliphatic heterocycles. The summed E-state index contributed by atoms with van der Waals surface area (Å²) in [6.45, 7) is 2.74. The van der Waals surface area contributed by atoms with Crippen LogP contribution in [0.5, 0.6) is 0 Å².